The molecule has 4 nitrogen and oxygen atoms in total. The van der Waals surface area contributed by atoms with Crippen LogP contribution >= 0.6 is 0 Å². The predicted octanol–water partition coefficient (Wildman–Crippen LogP) is 3.72. The van der Waals surface area contributed by atoms with E-state index in [1.807, 2.05) is 12.1 Å². The van der Waals surface area contributed by atoms with Gasteiger partial charge in [0.05, 0.1) is 13.0 Å². The van der Waals surface area contributed by atoms with Gasteiger partial charge in [-0.2, -0.15) is 0 Å². The number of aromatic carboxylic acids is 1. The van der Waals surface area contributed by atoms with Gasteiger partial charge >= 0.3 is 0 Å². The molecule has 1 heterocycles. The third-order valence-electron chi connectivity index (χ3n) is 5.39. The van der Waals surface area contributed by atoms with Gasteiger partial charge in [0.15, 0.2) is 0 Å². The second-order valence-corrected chi connectivity index (χ2v) is 7.58. The number of nitrogens with zero attached hydrogens (tertiary/aromatic N) is 2. The van der Waals surface area contributed by atoms with Crippen LogP contribution in [0.4, 0.5) is 0 Å². The van der Waals surface area contributed by atoms with Gasteiger partial charge in [0.1, 0.15) is 18.4 Å². The number of rotatable bonds is 12. The minimum atomic E-state index is -1.12. The second kappa shape index (κ2) is 10.9. The lowest BCUT2D eigenvalue weighted by molar-refractivity contribution is -0.695. The zero-order valence-corrected chi connectivity index (χ0v) is 17.2. The molecule has 0 unspecified atom stereocenters. The number of hydrogen-bond acceptors (Lipinski definition) is 2. The minimum Gasteiger partial charge on any atom is -0.545 e. The predicted molar refractivity (Wildman–Crippen MR) is 107 cm³/mol. The minimum absolute atomic E-state index is 0.229. The van der Waals surface area contributed by atoms with Crippen molar-refractivity contribution in [2.45, 2.75) is 78.2 Å². The second-order valence-electron chi connectivity index (χ2n) is 7.58. The average Bonchev–Trinajstić information content (AvgIpc) is 2.91. The fourth-order valence-corrected chi connectivity index (χ4v) is 3.59. The highest BCUT2D eigenvalue weighted by Crippen LogP contribution is 2.12. The Hall–Kier alpha value is -2.10. The maximum absolute atomic E-state index is 10.9. The van der Waals surface area contributed by atoms with Crippen molar-refractivity contribution in [3.8, 4) is 0 Å². The summed E-state index contributed by atoms with van der Waals surface area (Å²) in [6.07, 6.45) is 13.9. The number of benzene rings is 1. The van der Waals surface area contributed by atoms with Crippen LogP contribution < -0.4 is 9.67 Å². The molecule has 0 saturated heterocycles. The topological polar surface area (TPSA) is 48.9 Å². The largest absolute Gasteiger partial charge is 0.545 e. The molecule has 0 aliphatic carbocycles. The Morgan fingerprint density at radius 3 is 2.19 bits per heavy atom. The normalized spacial score (nSPS) is 11.1. The highest BCUT2D eigenvalue weighted by atomic mass is 16.4. The maximum atomic E-state index is 10.9. The molecule has 0 saturated carbocycles. The summed E-state index contributed by atoms with van der Waals surface area (Å²) in [6.45, 7) is 5.16. The van der Waals surface area contributed by atoms with Crippen LogP contribution in [0.3, 0.4) is 0 Å². The van der Waals surface area contributed by atoms with Crippen molar-refractivity contribution < 1.29 is 14.5 Å². The van der Waals surface area contributed by atoms with Gasteiger partial charge in [0, 0.05) is 13.3 Å². The first kappa shape index (κ1) is 21.2. The molecule has 0 aliphatic rings. The number of imidazole rings is 1. The van der Waals surface area contributed by atoms with Crippen molar-refractivity contribution in [2.24, 2.45) is 7.05 Å². The molecule has 1 aromatic heterocycles. The smallest absolute Gasteiger partial charge is 0.256 e. The lowest BCUT2D eigenvalue weighted by atomic mass is 10.1. The Labute approximate surface area is 163 Å². The van der Waals surface area contributed by atoms with Crippen LogP contribution in [0.1, 0.15) is 85.7 Å². The Kier molecular flexibility index (Phi) is 8.56. The van der Waals surface area contributed by atoms with E-state index in [1.54, 1.807) is 12.1 Å². The van der Waals surface area contributed by atoms with Gasteiger partial charge in [-0.05, 0) is 17.5 Å². The fourth-order valence-electron chi connectivity index (χ4n) is 3.59. The van der Waals surface area contributed by atoms with E-state index in [2.05, 4.69) is 36.2 Å². The summed E-state index contributed by atoms with van der Waals surface area (Å²) in [5.41, 5.74) is 2.58. The molecule has 0 N–H and O–H groups in total. The first-order valence-electron chi connectivity index (χ1n) is 10.4. The zero-order chi connectivity index (χ0) is 19.6. The van der Waals surface area contributed by atoms with E-state index in [0.717, 1.165) is 18.5 Å². The van der Waals surface area contributed by atoms with Gasteiger partial charge in [-0.15, -0.1) is 0 Å². The summed E-state index contributed by atoms with van der Waals surface area (Å²) in [4.78, 5) is 10.9. The van der Waals surface area contributed by atoms with Gasteiger partial charge < -0.3 is 9.90 Å². The summed E-state index contributed by atoms with van der Waals surface area (Å²) in [5, 5.41) is 10.9. The Bertz CT molecular complexity index is 717. The number of aryl methyl sites for hydroxylation is 1. The molecule has 0 fully saturated rings. The lowest BCUT2D eigenvalue weighted by Crippen LogP contribution is -2.37. The number of unbranched alkanes of at least 4 members (excludes halogenated alkanes) is 7. The maximum Gasteiger partial charge on any atom is 0.256 e. The number of hydrogen-bond donors (Lipinski definition) is 0. The van der Waals surface area contributed by atoms with Crippen LogP contribution in [-0.2, 0) is 20.0 Å². The van der Waals surface area contributed by atoms with Crippen molar-refractivity contribution in [1.82, 2.24) is 4.57 Å². The number of carbonyl (C=O) groups is 1. The molecular weight excluding hydrogens is 336 g/mol. The molecule has 0 radical (unpaired) electrons. The summed E-state index contributed by atoms with van der Waals surface area (Å²) >= 11 is 0. The Morgan fingerprint density at radius 2 is 1.59 bits per heavy atom. The lowest BCUT2D eigenvalue weighted by Gasteiger charge is -2.06. The molecule has 148 valence electrons. The molecule has 2 aromatic rings. The van der Waals surface area contributed by atoms with E-state index >= 15 is 0 Å². The van der Waals surface area contributed by atoms with Gasteiger partial charge in [0.25, 0.3) is 5.82 Å². The highest BCUT2D eigenvalue weighted by molar-refractivity contribution is 5.85. The summed E-state index contributed by atoms with van der Waals surface area (Å²) < 4.78 is 4.57. The monoisotopic (exact) mass is 370 g/mol. The number of carboxylic acids is 1. The summed E-state index contributed by atoms with van der Waals surface area (Å²) in [6, 6.07) is 7.00. The molecule has 0 amide bonds. The Morgan fingerprint density at radius 1 is 1.00 bits per heavy atom. The van der Waals surface area contributed by atoms with Gasteiger partial charge in [-0.25, -0.2) is 9.13 Å². The van der Waals surface area contributed by atoms with Crippen LogP contribution in [0.2, 0.25) is 0 Å². The van der Waals surface area contributed by atoms with Crippen LogP contribution in [0.5, 0.6) is 0 Å². The quantitative estimate of drug-likeness (QED) is 0.422. The van der Waals surface area contributed by atoms with Crippen LogP contribution in [-0.4, -0.2) is 10.5 Å². The third-order valence-corrected chi connectivity index (χ3v) is 5.39. The fraction of sp³-hybridized carbons (Fsp3) is 0.565. The standard InChI is InChI=1S/C23H34N2O2/c1-4-5-6-7-8-9-10-11-12-22-24(3)19(2)17-25(22)18-20-13-15-21(16-14-20)23(26)27/h13-17H,4-12,18H2,1-3H3. The van der Waals surface area contributed by atoms with Gasteiger partial charge in [-0.3, -0.25) is 0 Å². The van der Waals surface area contributed by atoms with Crippen molar-refractivity contribution in [3.63, 3.8) is 0 Å². The van der Waals surface area contributed by atoms with E-state index in [0.29, 0.717) is 0 Å². The summed E-state index contributed by atoms with van der Waals surface area (Å²) in [5.74, 6) is 0.211. The molecule has 0 bridgehead atoms. The highest BCUT2D eigenvalue weighted by Gasteiger charge is 2.18. The van der Waals surface area contributed by atoms with Crippen LogP contribution in [0.15, 0.2) is 30.5 Å². The Balaban J connectivity index is 1.88. The van der Waals surface area contributed by atoms with Gasteiger partial charge in [0.2, 0.25) is 0 Å². The summed E-state index contributed by atoms with van der Waals surface area (Å²) in [7, 11) is 2.13. The van der Waals surface area contributed by atoms with Crippen molar-refractivity contribution >= 4 is 5.97 Å². The van der Waals surface area contributed by atoms with Gasteiger partial charge in [-0.1, -0.05) is 76.1 Å². The van der Waals surface area contributed by atoms with E-state index < -0.39 is 5.97 Å². The van der Waals surface area contributed by atoms with Crippen LogP contribution in [0.25, 0.3) is 0 Å². The first-order chi connectivity index (χ1) is 13.0. The molecular formula is C23H34N2O2. The zero-order valence-electron chi connectivity index (χ0n) is 17.2. The number of aromatic nitrogens is 2. The number of carboxylic acid groups (broad SMARTS) is 1. The first-order valence-corrected chi connectivity index (χ1v) is 10.4. The molecule has 0 spiro atoms. The SMILES string of the molecule is CCCCCCCCCCc1n(C)c(C)c[n+]1Cc1ccc(C(=O)[O-])cc1. The average molecular weight is 371 g/mol. The van der Waals surface area contributed by atoms with E-state index in [1.165, 1.54) is 62.9 Å². The molecule has 27 heavy (non-hydrogen) atoms. The van der Waals surface area contributed by atoms with E-state index in [9.17, 15) is 9.90 Å². The van der Waals surface area contributed by atoms with E-state index in [-0.39, 0.29) is 5.56 Å². The molecule has 1 aromatic carbocycles. The van der Waals surface area contributed by atoms with E-state index in [4.69, 9.17) is 0 Å². The number of carbonyl (C=O) groups excluding carboxylic acids is 1. The molecule has 4 heteroatoms. The van der Waals surface area contributed by atoms with Crippen LogP contribution in [0, 0.1) is 6.92 Å². The van der Waals surface area contributed by atoms with Crippen molar-refractivity contribution in [3.05, 3.63) is 53.1 Å². The third kappa shape index (κ3) is 6.53. The molecule has 2 rings (SSSR count). The molecule has 0 atom stereocenters. The van der Waals surface area contributed by atoms with Crippen molar-refractivity contribution in [2.75, 3.05) is 0 Å². The van der Waals surface area contributed by atoms with Crippen molar-refractivity contribution in [1.29, 1.82) is 0 Å². The molecule has 0 aliphatic heterocycles.